The minimum absolute atomic E-state index is 0.318. The van der Waals surface area contributed by atoms with Crippen LogP contribution in [0.2, 0.25) is 0 Å². The molecule has 18 heavy (non-hydrogen) atoms. The first-order chi connectivity index (χ1) is 8.30. The van der Waals surface area contributed by atoms with Crippen molar-refractivity contribution in [3.8, 4) is 0 Å². The van der Waals surface area contributed by atoms with Crippen LogP contribution in [0.15, 0.2) is 17.0 Å². The van der Waals surface area contributed by atoms with Crippen LogP contribution in [0.25, 0.3) is 0 Å². The molecule has 0 fully saturated rings. The van der Waals surface area contributed by atoms with Crippen molar-refractivity contribution in [3.05, 3.63) is 23.3 Å². The number of aryl methyl sites for hydroxylation is 1. The van der Waals surface area contributed by atoms with Gasteiger partial charge in [0.25, 0.3) is 0 Å². The van der Waals surface area contributed by atoms with Crippen molar-refractivity contribution in [2.45, 2.75) is 38.5 Å². The second-order valence-corrected chi connectivity index (χ2v) is 6.67. The van der Waals surface area contributed by atoms with Gasteiger partial charge in [-0.2, -0.15) is 0 Å². The van der Waals surface area contributed by atoms with E-state index < -0.39 is 10.0 Å². The van der Waals surface area contributed by atoms with E-state index in [1.165, 1.54) is 4.31 Å². The van der Waals surface area contributed by atoms with Crippen LogP contribution in [-0.2, 0) is 10.0 Å². The lowest BCUT2D eigenvalue weighted by atomic mass is 10.1. The number of nitrogens with zero attached hydrogens (tertiary/aromatic N) is 1. The Bertz CT molecular complexity index is 524. The quantitative estimate of drug-likeness (QED) is 0.835. The SMILES string of the molecule is CCCCN(C)S(=O)(=O)c1cc(C)cc(N)c1C. The molecule has 0 heterocycles. The fraction of sp³-hybridized carbons (Fsp3) is 0.538. The number of hydrogen-bond acceptors (Lipinski definition) is 3. The molecule has 1 aromatic rings. The molecule has 102 valence electrons. The van der Waals surface area contributed by atoms with Gasteiger partial charge in [-0.15, -0.1) is 0 Å². The maximum atomic E-state index is 12.4. The van der Waals surface area contributed by atoms with Gasteiger partial charge in [-0.1, -0.05) is 13.3 Å². The topological polar surface area (TPSA) is 63.4 Å². The number of nitrogens with two attached hydrogens (primary N) is 1. The molecule has 0 atom stereocenters. The zero-order valence-electron chi connectivity index (χ0n) is 11.5. The third-order valence-corrected chi connectivity index (χ3v) is 5.04. The van der Waals surface area contributed by atoms with Crippen molar-refractivity contribution in [1.82, 2.24) is 4.31 Å². The number of benzene rings is 1. The van der Waals surface area contributed by atoms with E-state index in [9.17, 15) is 8.42 Å². The van der Waals surface area contributed by atoms with E-state index in [1.807, 2.05) is 13.8 Å². The summed E-state index contributed by atoms with van der Waals surface area (Å²) in [5.41, 5.74) is 7.85. The Hall–Kier alpha value is -1.07. The molecule has 0 aliphatic rings. The van der Waals surface area contributed by atoms with E-state index in [1.54, 1.807) is 26.1 Å². The van der Waals surface area contributed by atoms with Crippen molar-refractivity contribution < 1.29 is 8.42 Å². The Morgan fingerprint density at radius 2 is 1.89 bits per heavy atom. The first-order valence-electron chi connectivity index (χ1n) is 6.13. The molecule has 0 aliphatic heterocycles. The normalized spacial score (nSPS) is 12.1. The summed E-state index contributed by atoms with van der Waals surface area (Å²) in [5, 5.41) is 0. The fourth-order valence-electron chi connectivity index (χ4n) is 1.79. The van der Waals surface area contributed by atoms with E-state index in [4.69, 9.17) is 5.73 Å². The predicted molar refractivity (Wildman–Crippen MR) is 75.1 cm³/mol. The summed E-state index contributed by atoms with van der Waals surface area (Å²) in [5.74, 6) is 0. The zero-order chi connectivity index (χ0) is 13.9. The average molecular weight is 270 g/mol. The summed E-state index contributed by atoms with van der Waals surface area (Å²) in [6, 6.07) is 3.48. The van der Waals surface area contributed by atoms with Gasteiger partial charge in [-0.05, 0) is 43.5 Å². The number of sulfonamides is 1. The van der Waals surface area contributed by atoms with Gasteiger partial charge in [0, 0.05) is 19.3 Å². The van der Waals surface area contributed by atoms with Crippen LogP contribution >= 0.6 is 0 Å². The van der Waals surface area contributed by atoms with Crippen LogP contribution in [0, 0.1) is 13.8 Å². The molecule has 2 N–H and O–H groups in total. The van der Waals surface area contributed by atoms with Crippen LogP contribution in [0.3, 0.4) is 0 Å². The van der Waals surface area contributed by atoms with Gasteiger partial charge in [0.1, 0.15) is 0 Å². The molecule has 1 rings (SSSR count). The first kappa shape index (κ1) is 15.0. The van der Waals surface area contributed by atoms with Crippen LogP contribution in [0.5, 0.6) is 0 Å². The standard InChI is InChI=1S/C13H22N2O2S/c1-5-6-7-15(4)18(16,17)13-9-10(2)8-12(14)11(13)3/h8-9H,5-7,14H2,1-4H3. The van der Waals surface area contributed by atoms with Gasteiger partial charge in [0.2, 0.25) is 10.0 Å². The Labute approximate surface area is 110 Å². The average Bonchev–Trinajstić information content (AvgIpc) is 2.30. The predicted octanol–water partition coefficient (Wildman–Crippen LogP) is 2.31. The molecule has 0 bridgehead atoms. The molecule has 0 aromatic heterocycles. The number of hydrogen-bond donors (Lipinski definition) is 1. The summed E-state index contributed by atoms with van der Waals surface area (Å²) in [6.07, 6.45) is 1.82. The van der Waals surface area contributed by atoms with E-state index in [0.29, 0.717) is 22.7 Å². The second kappa shape index (κ2) is 5.71. The summed E-state index contributed by atoms with van der Waals surface area (Å²) in [7, 11) is -1.82. The Morgan fingerprint density at radius 1 is 1.28 bits per heavy atom. The summed E-state index contributed by atoms with van der Waals surface area (Å²) in [4.78, 5) is 0.318. The molecule has 4 nitrogen and oxygen atoms in total. The van der Waals surface area contributed by atoms with E-state index in [2.05, 4.69) is 0 Å². The molecule has 5 heteroatoms. The number of unbranched alkanes of at least 4 members (excludes halogenated alkanes) is 1. The van der Waals surface area contributed by atoms with E-state index >= 15 is 0 Å². The Kier molecular flexibility index (Phi) is 4.76. The second-order valence-electron chi connectivity index (χ2n) is 4.66. The van der Waals surface area contributed by atoms with Gasteiger partial charge < -0.3 is 5.73 Å². The minimum atomic E-state index is -3.43. The summed E-state index contributed by atoms with van der Waals surface area (Å²) in [6.45, 7) is 6.17. The number of rotatable bonds is 5. The van der Waals surface area contributed by atoms with Gasteiger partial charge in [0.05, 0.1) is 4.90 Å². The third-order valence-electron chi connectivity index (χ3n) is 3.06. The van der Waals surface area contributed by atoms with Crippen molar-refractivity contribution in [3.63, 3.8) is 0 Å². The molecule has 0 unspecified atom stereocenters. The largest absolute Gasteiger partial charge is 0.398 e. The van der Waals surface area contributed by atoms with Gasteiger partial charge in [-0.25, -0.2) is 12.7 Å². The highest BCUT2D eigenvalue weighted by Crippen LogP contribution is 2.25. The molecule has 0 radical (unpaired) electrons. The molecule has 0 saturated heterocycles. The number of nitrogen functional groups attached to an aromatic ring is 1. The monoisotopic (exact) mass is 270 g/mol. The van der Waals surface area contributed by atoms with E-state index in [-0.39, 0.29) is 0 Å². The zero-order valence-corrected chi connectivity index (χ0v) is 12.3. The molecule has 0 saturated carbocycles. The van der Waals surface area contributed by atoms with Gasteiger partial charge in [-0.3, -0.25) is 0 Å². The maximum Gasteiger partial charge on any atom is 0.243 e. The third kappa shape index (κ3) is 3.03. The van der Waals surface area contributed by atoms with Crippen LogP contribution in [0.4, 0.5) is 5.69 Å². The fourth-order valence-corrected chi connectivity index (χ4v) is 3.33. The van der Waals surface area contributed by atoms with E-state index in [0.717, 1.165) is 18.4 Å². The maximum absolute atomic E-state index is 12.4. The Balaban J connectivity index is 3.20. The highest BCUT2D eigenvalue weighted by atomic mass is 32.2. The Morgan fingerprint density at radius 3 is 2.44 bits per heavy atom. The molecular formula is C13H22N2O2S. The molecular weight excluding hydrogens is 248 g/mol. The first-order valence-corrected chi connectivity index (χ1v) is 7.57. The van der Waals surface area contributed by atoms with Crippen molar-refractivity contribution >= 4 is 15.7 Å². The lowest BCUT2D eigenvalue weighted by Crippen LogP contribution is -2.28. The summed E-state index contributed by atoms with van der Waals surface area (Å²) >= 11 is 0. The van der Waals surface area contributed by atoms with Crippen LogP contribution in [0.1, 0.15) is 30.9 Å². The van der Waals surface area contributed by atoms with Crippen molar-refractivity contribution in [1.29, 1.82) is 0 Å². The minimum Gasteiger partial charge on any atom is -0.398 e. The highest BCUT2D eigenvalue weighted by molar-refractivity contribution is 7.89. The van der Waals surface area contributed by atoms with Gasteiger partial charge >= 0.3 is 0 Å². The molecule has 0 aliphatic carbocycles. The molecule has 1 aromatic carbocycles. The smallest absolute Gasteiger partial charge is 0.243 e. The van der Waals surface area contributed by atoms with Crippen molar-refractivity contribution in [2.75, 3.05) is 19.3 Å². The highest BCUT2D eigenvalue weighted by Gasteiger charge is 2.23. The van der Waals surface area contributed by atoms with Crippen LogP contribution in [-0.4, -0.2) is 26.3 Å². The molecule has 0 amide bonds. The lowest BCUT2D eigenvalue weighted by Gasteiger charge is -2.19. The molecule has 0 spiro atoms. The number of anilines is 1. The summed E-state index contributed by atoms with van der Waals surface area (Å²) < 4.78 is 26.3. The lowest BCUT2D eigenvalue weighted by molar-refractivity contribution is 0.459. The van der Waals surface area contributed by atoms with Gasteiger partial charge in [0.15, 0.2) is 0 Å². The van der Waals surface area contributed by atoms with Crippen LogP contribution < -0.4 is 5.73 Å². The van der Waals surface area contributed by atoms with Crippen molar-refractivity contribution in [2.24, 2.45) is 0 Å².